The highest BCUT2D eigenvalue weighted by atomic mass is 35.5. The second-order valence-electron chi connectivity index (χ2n) is 8.78. The van der Waals surface area contributed by atoms with Crippen molar-refractivity contribution in [3.05, 3.63) is 46.7 Å². The fraction of sp³-hybridized carbons (Fsp3) is 0.583. The zero-order valence-corrected chi connectivity index (χ0v) is 19.1. The van der Waals surface area contributed by atoms with Crippen LogP contribution in [0.5, 0.6) is 5.75 Å². The number of carbonyl (C=O) groups is 1. The number of aromatic nitrogens is 2. The molecule has 168 valence electrons. The first kappa shape index (κ1) is 22.2. The minimum atomic E-state index is 0.322. The van der Waals surface area contributed by atoms with Crippen LogP contribution in [0, 0.1) is 5.92 Å². The predicted molar refractivity (Wildman–Crippen MR) is 123 cm³/mol. The van der Waals surface area contributed by atoms with E-state index in [0.29, 0.717) is 35.8 Å². The summed E-state index contributed by atoms with van der Waals surface area (Å²) in [4.78, 5) is 17.3. The van der Waals surface area contributed by atoms with Gasteiger partial charge >= 0.3 is 0 Å². The molecule has 2 fully saturated rings. The summed E-state index contributed by atoms with van der Waals surface area (Å²) in [5, 5.41) is 8.33. The Kier molecular flexibility index (Phi) is 7.51. The van der Waals surface area contributed by atoms with Crippen LogP contribution in [0.4, 0.5) is 0 Å². The molecule has 2 aromatic rings. The quantitative estimate of drug-likeness (QED) is 0.665. The van der Waals surface area contributed by atoms with Gasteiger partial charge in [0.1, 0.15) is 5.75 Å². The SMILES string of the molecule is CCN1CCC(CC(=O)N2CC[C@H](c3cc(CCOc4cccc(Cl)c4)[nH]n3)C2)CC1. The van der Waals surface area contributed by atoms with Crippen LogP contribution in [-0.2, 0) is 11.2 Å². The summed E-state index contributed by atoms with van der Waals surface area (Å²) in [7, 11) is 0. The summed E-state index contributed by atoms with van der Waals surface area (Å²) in [6.07, 6.45) is 4.75. The fourth-order valence-electron chi connectivity index (χ4n) is 4.66. The van der Waals surface area contributed by atoms with Crippen molar-refractivity contribution in [3.63, 3.8) is 0 Å². The van der Waals surface area contributed by atoms with Crippen molar-refractivity contribution >= 4 is 17.5 Å². The van der Waals surface area contributed by atoms with E-state index in [1.807, 2.05) is 29.2 Å². The number of halogens is 1. The summed E-state index contributed by atoms with van der Waals surface area (Å²) >= 11 is 5.99. The molecule has 31 heavy (non-hydrogen) atoms. The molecule has 2 aliphatic heterocycles. The van der Waals surface area contributed by atoms with E-state index in [9.17, 15) is 4.79 Å². The van der Waals surface area contributed by atoms with E-state index in [0.717, 1.165) is 75.5 Å². The summed E-state index contributed by atoms with van der Waals surface area (Å²) in [5.41, 5.74) is 2.12. The Morgan fingerprint density at radius 2 is 2.06 bits per heavy atom. The van der Waals surface area contributed by atoms with E-state index < -0.39 is 0 Å². The number of hydrogen-bond donors (Lipinski definition) is 1. The molecule has 0 unspecified atom stereocenters. The molecule has 0 radical (unpaired) electrons. The van der Waals surface area contributed by atoms with Gasteiger partial charge in [-0.3, -0.25) is 9.89 Å². The zero-order valence-electron chi connectivity index (χ0n) is 18.4. The first-order valence-corrected chi connectivity index (χ1v) is 11.9. The highest BCUT2D eigenvalue weighted by Crippen LogP contribution is 2.29. The predicted octanol–water partition coefficient (Wildman–Crippen LogP) is 4.12. The lowest BCUT2D eigenvalue weighted by atomic mass is 9.93. The Morgan fingerprint density at radius 3 is 2.84 bits per heavy atom. The number of H-pyrrole nitrogens is 1. The first-order chi connectivity index (χ1) is 15.1. The van der Waals surface area contributed by atoms with Crippen molar-refractivity contribution in [1.82, 2.24) is 20.0 Å². The molecule has 2 saturated heterocycles. The van der Waals surface area contributed by atoms with Gasteiger partial charge in [0.15, 0.2) is 0 Å². The van der Waals surface area contributed by atoms with E-state index in [1.165, 1.54) is 0 Å². The minimum absolute atomic E-state index is 0.322. The van der Waals surface area contributed by atoms with E-state index >= 15 is 0 Å². The monoisotopic (exact) mass is 444 g/mol. The van der Waals surface area contributed by atoms with Crippen LogP contribution >= 0.6 is 11.6 Å². The topological polar surface area (TPSA) is 61.5 Å². The first-order valence-electron chi connectivity index (χ1n) is 11.5. The number of rotatable bonds is 8. The Hall–Kier alpha value is -2.05. The second-order valence-corrected chi connectivity index (χ2v) is 9.22. The number of aromatic amines is 1. The molecule has 1 N–H and O–H groups in total. The molecule has 1 amide bonds. The van der Waals surface area contributed by atoms with E-state index in [2.05, 4.69) is 28.1 Å². The largest absolute Gasteiger partial charge is 0.493 e. The van der Waals surface area contributed by atoms with E-state index in [4.69, 9.17) is 16.3 Å². The van der Waals surface area contributed by atoms with Gasteiger partial charge in [-0.1, -0.05) is 24.6 Å². The zero-order chi connectivity index (χ0) is 21.6. The van der Waals surface area contributed by atoms with E-state index in [-0.39, 0.29) is 0 Å². The van der Waals surface area contributed by atoms with Crippen LogP contribution < -0.4 is 4.74 Å². The highest BCUT2D eigenvalue weighted by Gasteiger charge is 2.30. The van der Waals surface area contributed by atoms with Crippen LogP contribution in [0.3, 0.4) is 0 Å². The molecule has 0 saturated carbocycles. The number of benzene rings is 1. The Bertz CT molecular complexity index is 863. The maximum Gasteiger partial charge on any atom is 0.222 e. The Morgan fingerprint density at radius 1 is 1.23 bits per heavy atom. The molecule has 2 aliphatic rings. The number of hydrogen-bond acceptors (Lipinski definition) is 4. The standard InChI is InChI=1S/C24H33ClN4O2/c1-2-28-10-6-18(7-11-28)14-24(30)29-12-8-19(17-29)23-16-21(26-27-23)9-13-31-22-5-3-4-20(25)15-22/h3-5,15-16,18-19H,2,6-14,17H2,1H3,(H,26,27)/t19-/m0/s1. The number of ether oxygens (including phenoxy) is 1. The lowest BCUT2D eigenvalue weighted by molar-refractivity contribution is -0.131. The molecule has 1 atom stereocenters. The van der Waals surface area contributed by atoms with Crippen LogP contribution in [0.2, 0.25) is 5.02 Å². The van der Waals surface area contributed by atoms with Crippen LogP contribution in [0.25, 0.3) is 0 Å². The number of amides is 1. The average Bonchev–Trinajstić information content (AvgIpc) is 3.44. The lowest BCUT2D eigenvalue weighted by Gasteiger charge is -2.31. The molecular weight excluding hydrogens is 412 g/mol. The molecule has 0 spiro atoms. The molecular formula is C24H33ClN4O2. The van der Waals surface area contributed by atoms with Crippen LogP contribution in [-0.4, -0.2) is 65.2 Å². The van der Waals surface area contributed by atoms with Crippen molar-refractivity contribution in [2.75, 3.05) is 39.3 Å². The van der Waals surface area contributed by atoms with Crippen LogP contribution in [0.15, 0.2) is 30.3 Å². The van der Waals surface area contributed by atoms with Crippen molar-refractivity contribution in [3.8, 4) is 5.75 Å². The lowest BCUT2D eigenvalue weighted by Crippen LogP contribution is -2.36. The minimum Gasteiger partial charge on any atom is -0.493 e. The number of carbonyl (C=O) groups excluding carboxylic acids is 1. The maximum absolute atomic E-state index is 12.8. The average molecular weight is 445 g/mol. The van der Waals surface area contributed by atoms with Gasteiger partial charge in [-0.15, -0.1) is 0 Å². The van der Waals surface area contributed by atoms with Gasteiger partial charge in [0, 0.05) is 42.6 Å². The van der Waals surface area contributed by atoms with Gasteiger partial charge in [-0.05, 0) is 69.1 Å². The third-order valence-corrected chi connectivity index (χ3v) is 6.90. The maximum atomic E-state index is 12.8. The molecule has 0 aliphatic carbocycles. The summed E-state index contributed by atoms with van der Waals surface area (Å²) in [6, 6.07) is 9.56. The number of likely N-dealkylation sites (tertiary alicyclic amines) is 2. The van der Waals surface area contributed by atoms with Gasteiger partial charge in [-0.2, -0.15) is 5.10 Å². The van der Waals surface area contributed by atoms with Crippen molar-refractivity contribution in [2.24, 2.45) is 5.92 Å². The molecule has 0 bridgehead atoms. The number of piperidine rings is 1. The number of nitrogens with one attached hydrogen (secondary N) is 1. The van der Waals surface area contributed by atoms with Crippen molar-refractivity contribution < 1.29 is 9.53 Å². The highest BCUT2D eigenvalue weighted by molar-refractivity contribution is 6.30. The Balaban J connectivity index is 1.21. The van der Waals surface area contributed by atoms with Gasteiger partial charge < -0.3 is 14.5 Å². The van der Waals surface area contributed by atoms with Gasteiger partial charge in [0.05, 0.1) is 12.3 Å². The normalized spacial score (nSPS) is 20.3. The fourth-order valence-corrected chi connectivity index (χ4v) is 4.84. The molecule has 1 aromatic carbocycles. The summed E-state index contributed by atoms with van der Waals surface area (Å²) in [6.45, 7) is 7.79. The van der Waals surface area contributed by atoms with Gasteiger partial charge in [0.2, 0.25) is 5.91 Å². The summed E-state index contributed by atoms with van der Waals surface area (Å²) < 4.78 is 5.77. The van der Waals surface area contributed by atoms with Crippen molar-refractivity contribution in [1.29, 1.82) is 0 Å². The van der Waals surface area contributed by atoms with Crippen LogP contribution in [0.1, 0.15) is 49.9 Å². The van der Waals surface area contributed by atoms with E-state index in [1.54, 1.807) is 0 Å². The molecule has 1 aromatic heterocycles. The van der Waals surface area contributed by atoms with Crippen molar-refractivity contribution in [2.45, 2.75) is 44.9 Å². The van der Waals surface area contributed by atoms with Gasteiger partial charge in [0.25, 0.3) is 0 Å². The summed E-state index contributed by atoms with van der Waals surface area (Å²) in [5.74, 6) is 1.97. The van der Waals surface area contributed by atoms with Gasteiger partial charge in [-0.25, -0.2) is 0 Å². The molecule has 6 nitrogen and oxygen atoms in total. The third-order valence-electron chi connectivity index (χ3n) is 6.66. The second kappa shape index (κ2) is 10.5. The smallest absolute Gasteiger partial charge is 0.222 e. The Labute approximate surface area is 189 Å². The number of nitrogens with zero attached hydrogens (tertiary/aromatic N) is 3. The molecule has 7 heteroatoms. The molecule has 4 rings (SSSR count). The molecule has 3 heterocycles. The third kappa shape index (κ3) is 6.01.